The van der Waals surface area contributed by atoms with Gasteiger partial charge in [0.2, 0.25) is 0 Å². The minimum absolute atomic E-state index is 0. The summed E-state index contributed by atoms with van der Waals surface area (Å²) >= 11 is 0. The summed E-state index contributed by atoms with van der Waals surface area (Å²) in [6.07, 6.45) is -0.742. The van der Waals surface area contributed by atoms with Crippen LogP contribution in [0.4, 0.5) is 13.2 Å². The largest absolute Gasteiger partial charge is 0.391 e. The van der Waals surface area contributed by atoms with Gasteiger partial charge in [0.1, 0.15) is 0 Å². The van der Waals surface area contributed by atoms with Crippen molar-refractivity contribution in [3.63, 3.8) is 0 Å². The maximum atomic E-state index is 11.9. The van der Waals surface area contributed by atoms with Gasteiger partial charge in [-0.1, -0.05) is 19.3 Å². The van der Waals surface area contributed by atoms with Crippen molar-refractivity contribution in [3.8, 4) is 0 Å². The number of hydrogen-bond acceptors (Lipinski definition) is 1. The van der Waals surface area contributed by atoms with Gasteiger partial charge in [0.05, 0.1) is 5.92 Å². The molecule has 1 aliphatic rings. The zero-order valence-corrected chi connectivity index (χ0v) is 6.45. The molecule has 0 bridgehead atoms. The van der Waals surface area contributed by atoms with Gasteiger partial charge in [-0.3, -0.25) is 0 Å². The average Bonchev–Trinajstić information content (AvgIpc) is 1.88. The van der Waals surface area contributed by atoms with Gasteiger partial charge in [-0.15, -0.1) is 0 Å². The molecule has 11 heavy (non-hydrogen) atoms. The Kier molecular flexibility index (Phi) is 3.86. The highest BCUT2D eigenvalue weighted by Crippen LogP contribution is 2.37. The Balaban J connectivity index is 0.000001000. The van der Waals surface area contributed by atoms with E-state index >= 15 is 0 Å². The second kappa shape index (κ2) is 3.95. The van der Waals surface area contributed by atoms with Crippen LogP contribution in [0.2, 0.25) is 0 Å². The Morgan fingerprint density at radius 1 is 0.909 bits per heavy atom. The van der Waals surface area contributed by atoms with Crippen LogP contribution in [0.3, 0.4) is 0 Å². The molecule has 0 aromatic carbocycles. The van der Waals surface area contributed by atoms with E-state index in [2.05, 4.69) is 0 Å². The standard InChI is InChI=1S/C7H11F3.H3N/c8-7(9,10)6-4-2-1-3-5-6;/h6H,1-5H2;1H3. The molecule has 1 fully saturated rings. The van der Waals surface area contributed by atoms with Gasteiger partial charge in [0, 0.05) is 0 Å². The van der Waals surface area contributed by atoms with E-state index in [1.54, 1.807) is 0 Å². The van der Waals surface area contributed by atoms with Crippen molar-refractivity contribution < 1.29 is 13.2 Å². The normalized spacial score (nSPS) is 21.0. The van der Waals surface area contributed by atoms with Gasteiger partial charge in [-0.25, -0.2) is 0 Å². The van der Waals surface area contributed by atoms with Gasteiger partial charge in [-0.05, 0) is 12.8 Å². The molecule has 4 heteroatoms. The fraction of sp³-hybridized carbons (Fsp3) is 1.00. The lowest BCUT2D eigenvalue weighted by Crippen LogP contribution is -2.24. The third-order valence-corrected chi connectivity index (χ3v) is 2.07. The van der Waals surface area contributed by atoms with Gasteiger partial charge < -0.3 is 6.15 Å². The first-order valence-electron chi connectivity index (χ1n) is 3.67. The van der Waals surface area contributed by atoms with Crippen LogP contribution in [0.15, 0.2) is 0 Å². The highest BCUT2D eigenvalue weighted by molar-refractivity contribution is 4.71. The Bertz CT molecular complexity index is 105. The quantitative estimate of drug-likeness (QED) is 0.593. The van der Waals surface area contributed by atoms with Crippen molar-refractivity contribution in [1.29, 1.82) is 0 Å². The number of halogens is 3. The second-order valence-electron chi connectivity index (χ2n) is 2.88. The second-order valence-corrected chi connectivity index (χ2v) is 2.88. The van der Waals surface area contributed by atoms with Crippen LogP contribution >= 0.6 is 0 Å². The summed E-state index contributed by atoms with van der Waals surface area (Å²) < 4.78 is 35.8. The fourth-order valence-electron chi connectivity index (χ4n) is 1.43. The molecule has 0 radical (unpaired) electrons. The Morgan fingerprint density at radius 2 is 1.36 bits per heavy atom. The van der Waals surface area contributed by atoms with Crippen molar-refractivity contribution in [2.75, 3.05) is 0 Å². The SMILES string of the molecule is FC(F)(F)C1CCCCC1.N. The summed E-state index contributed by atoms with van der Waals surface area (Å²) in [5.74, 6) is -0.999. The third kappa shape index (κ3) is 3.10. The van der Waals surface area contributed by atoms with Crippen molar-refractivity contribution >= 4 is 0 Å². The first kappa shape index (κ1) is 10.8. The van der Waals surface area contributed by atoms with Crippen molar-refractivity contribution in [2.24, 2.45) is 5.92 Å². The molecule has 1 aliphatic carbocycles. The predicted molar refractivity (Wildman–Crippen MR) is 37.7 cm³/mol. The molecule has 0 heterocycles. The zero-order chi connectivity index (χ0) is 7.61. The molecule has 68 valence electrons. The van der Waals surface area contributed by atoms with E-state index in [0.29, 0.717) is 12.8 Å². The van der Waals surface area contributed by atoms with E-state index in [0.717, 1.165) is 19.3 Å². The highest BCUT2D eigenvalue weighted by atomic mass is 19.4. The maximum absolute atomic E-state index is 11.9. The summed E-state index contributed by atoms with van der Waals surface area (Å²) in [5, 5.41) is 0. The first-order chi connectivity index (χ1) is 4.61. The molecule has 0 saturated heterocycles. The summed E-state index contributed by atoms with van der Waals surface area (Å²) in [6, 6.07) is 0. The Hall–Kier alpha value is -0.250. The number of hydrogen-bond donors (Lipinski definition) is 1. The fourth-order valence-corrected chi connectivity index (χ4v) is 1.43. The van der Waals surface area contributed by atoms with E-state index in [9.17, 15) is 13.2 Å². The molecule has 0 amide bonds. The molecule has 0 aromatic heterocycles. The van der Waals surface area contributed by atoms with Crippen LogP contribution in [0.5, 0.6) is 0 Å². The third-order valence-electron chi connectivity index (χ3n) is 2.07. The lowest BCUT2D eigenvalue weighted by molar-refractivity contribution is -0.181. The number of rotatable bonds is 0. The Labute approximate surface area is 64.6 Å². The molecule has 0 aliphatic heterocycles. The van der Waals surface area contributed by atoms with Gasteiger partial charge >= 0.3 is 6.18 Å². The minimum atomic E-state index is -3.93. The topological polar surface area (TPSA) is 35.0 Å². The van der Waals surface area contributed by atoms with Gasteiger partial charge in [0.15, 0.2) is 0 Å². The zero-order valence-electron chi connectivity index (χ0n) is 6.45. The highest BCUT2D eigenvalue weighted by Gasteiger charge is 2.39. The molecule has 1 nitrogen and oxygen atoms in total. The lowest BCUT2D eigenvalue weighted by atomic mass is 9.89. The lowest BCUT2D eigenvalue weighted by Gasteiger charge is -2.23. The van der Waals surface area contributed by atoms with E-state index in [1.807, 2.05) is 0 Å². The molecule has 0 atom stereocenters. The van der Waals surface area contributed by atoms with E-state index < -0.39 is 12.1 Å². The predicted octanol–water partition coefficient (Wildman–Crippen LogP) is 3.29. The summed E-state index contributed by atoms with van der Waals surface area (Å²) in [7, 11) is 0. The molecule has 0 aromatic rings. The van der Waals surface area contributed by atoms with E-state index in [4.69, 9.17) is 0 Å². The first-order valence-corrected chi connectivity index (χ1v) is 3.67. The summed E-state index contributed by atoms with van der Waals surface area (Å²) in [4.78, 5) is 0. The van der Waals surface area contributed by atoms with Crippen LogP contribution in [-0.4, -0.2) is 6.18 Å². The van der Waals surface area contributed by atoms with Crippen molar-refractivity contribution in [1.82, 2.24) is 6.15 Å². The summed E-state index contributed by atoms with van der Waals surface area (Å²) in [6.45, 7) is 0. The molecule has 0 unspecified atom stereocenters. The van der Waals surface area contributed by atoms with Gasteiger partial charge in [0.25, 0.3) is 0 Å². The van der Waals surface area contributed by atoms with E-state index in [-0.39, 0.29) is 6.15 Å². The van der Waals surface area contributed by atoms with Crippen LogP contribution in [0.25, 0.3) is 0 Å². The van der Waals surface area contributed by atoms with Gasteiger partial charge in [-0.2, -0.15) is 13.2 Å². The maximum Gasteiger partial charge on any atom is 0.391 e. The molecule has 0 spiro atoms. The molecular formula is C7H14F3N. The van der Waals surface area contributed by atoms with Crippen molar-refractivity contribution in [3.05, 3.63) is 0 Å². The molecule has 1 saturated carbocycles. The average molecular weight is 169 g/mol. The Morgan fingerprint density at radius 3 is 1.64 bits per heavy atom. The molecule has 3 N–H and O–H groups in total. The molecular weight excluding hydrogens is 155 g/mol. The van der Waals surface area contributed by atoms with Crippen LogP contribution in [0, 0.1) is 5.92 Å². The smallest absolute Gasteiger partial charge is 0.344 e. The monoisotopic (exact) mass is 169 g/mol. The minimum Gasteiger partial charge on any atom is -0.344 e. The van der Waals surface area contributed by atoms with Crippen LogP contribution < -0.4 is 6.15 Å². The number of alkyl halides is 3. The van der Waals surface area contributed by atoms with Crippen molar-refractivity contribution in [2.45, 2.75) is 38.3 Å². The van der Waals surface area contributed by atoms with E-state index in [1.165, 1.54) is 0 Å². The van der Waals surface area contributed by atoms with Crippen LogP contribution in [0.1, 0.15) is 32.1 Å². The van der Waals surface area contributed by atoms with Crippen LogP contribution in [-0.2, 0) is 0 Å². The molecule has 1 rings (SSSR count). The summed E-state index contributed by atoms with van der Waals surface area (Å²) in [5.41, 5.74) is 0.